The van der Waals surface area contributed by atoms with Gasteiger partial charge in [-0.1, -0.05) is 0 Å². The Kier molecular flexibility index (Phi) is 9.07. The topological polar surface area (TPSA) is 38.3 Å². The fourth-order valence-electron chi connectivity index (χ4n) is 0.235. The first-order valence-corrected chi connectivity index (χ1v) is 4.91. The van der Waals surface area contributed by atoms with Gasteiger partial charge in [0.25, 0.3) is 0 Å². The van der Waals surface area contributed by atoms with Gasteiger partial charge in [0.2, 0.25) is 0 Å². The predicted molar refractivity (Wildman–Crippen MR) is 35.7 cm³/mol. The normalized spacial score (nSPS) is 15.9. The number of hydrogen-bond acceptors (Lipinski definition) is 3. The van der Waals surface area contributed by atoms with Crippen molar-refractivity contribution in [3.63, 3.8) is 0 Å². The zero-order valence-electron chi connectivity index (χ0n) is 5.88. The second-order valence-corrected chi connectivity index (χ2v) is 4.28. The quantitative estimate of drug-likeness (QED) is 0.304. The molecule has 0 aromatic rings. The van der Waals surface area contributed by atoms with Crippen molar-refractivity contribution in [2.75, 3.05) is 13.7 Å². The third-order valence-electron chi connectivity index (χ3n) is 0.573. The molecule has 3 nitrogen and oxygen atoms in total. The summed E-state index contributed by atoms with van der Waals surface area (Å²) in [6.07, 6.45) is 0. The molecule has 0 aliphatic carbocycles. The van der Waals surface area contributed by atoms with E-state index in [4.69, 9.17) is 0 Å². The molecule has 0 heterocycles. The molecule has 1 unspecified atom stereocenters. The molecule has 6 heteroatoms. The summed E-state index contributed by atoms with van der Waals surface area (Å²) in [6, 6.07) is 0. The molecule has 0 aromatic heterocycles. The Labute approximate surface area is 82.9 Å². The number of rotatable bonds is 3. The minimum Gasteiger partial charge on any atom is -0.673 e. The minimum absolute atomic E-state index is 0. The summed E-state index contributed by atoms with van der Waals surface area (Å²) in [5.74, 6) is 0. The molecule has 0 bridgehead atoms. The predicted octanol–water partition coefficient (Wildman–Crippen LogP) is -2.10. The second-order valence-electron chi connectivity index (χ2n) is 1.14. The molecule has 1 N–H and O–H groups in total. The van der Waals surface area contributed by atoms with E-state index in [1.165, 1.54) is 7.05 Å². The van der Waals surface area contributed by atoms with Gasteiger partial charge in [0.15, 0.2) is 0 Å². The van der Waals surface area contributed by atoms with Crippen LogP contribution in [0.3, 0.4) is 0 Å². The first kappa shape index (κ1) is 13.1. The summed E-state index contributed by atoms with van der Waals surface area (Å²) in [7, 11) is 1.52. The molecule has 0 spiro atoms. The van der Waals surface area contributed by atoms with Crippen LogP contribution in [0.15, 0.2) is 0 Å². The van der Waals surface area contributed by atoms with Crippen molar-refractivity contribution >= 4 is 19.0 Å². The summed E-state index contributed by atoms with van der Waals surface area (Å²) in [5, 5.41) is 2.39. The summed E-state index contributed by atoms with van der Waals surface area (Å²) < 4.78 is 15.3. The molecule has 1 atom stereocenters. The summed E-state index contributed by atoms with van der Waals surface area (Å²) >= 11 is 4.47. The molecule has 0 saturated heterocycles. The van der Waals surface area contributed by atoms with E-state index in [0.717, 1.165) is 0 Å². The van der Waals surface area contributed by atoms with Crippen LogP contribution >= 0.6 is 6.72 Å². The Bertz CT molecular complexity index is 112. The van der Waals surface area contributed by atoms with Gasteiger partial charge in [-0.15, -0.1) is 0 Å². The summed E-state index contributed by atoms with van der Waals surface area (Å²) in [4.78, 5) is 0. The van der Waals surface area contributed by atoms with Crippen LogP contribution in [-0.4, -0.2) is 13.7 Å². The fourth-order valence-corrected chi connectivity index (χ4v) is 1.02. The molecule has 0 saturated carbocycles. The van der Waals surface area contributed by atoms with Gasteiger partial charge in [-0.3, -0.25) is 5.09 Å². The maximum absolute atomic E-state index is 10.7. The molecule has 0 fully saturated rings. The van der Waals surface area contributed by atoms with Gasteiger partial charge >= 0.3 is 29.6 Å². The van der Waals surface area contributed by atoms with Gasteiger partial charge in [0, 0.05) is 0 Å². The first-order chi connectivity index (χ1) is 3.62. The van der Waals surface area contributed by atoms with Crippen LogP contribution in [0.4, 0.5) is 0 Å². The average molecular weight is 177 g/mol. The van der Waals surface area contributed by atoms with Gasteiger partial charge in [-0.25, -0.2) is 0 Å². The zero-order valence-corrected chi connectivity index (χ0v) is 9.59. The average Bonchev–Trinajstić information content (AvgIpc) is 1.67. The van der Waals surface area contributed by atoms with E-state index in [0.29, 0.717) is 6.61 Å². The van der Waals surface area contributed by atoms with Gasteiger partial charge in [-0.05, 0) is 14.0 Å². The van der Waals surface area contributed by atoms with E-state index in [2.05, 4.69) is 21.9 Å². The van der Waals surface area contributed by atoms with Gasteiger partial charge in [-0.2, -0.15) is 0 Å². The van der Waals surface area contributed by atoms with Crippen LogP contribution in [0.2, 0.25) is 0 Å². The van der Waals surface area contributed by atoms with Crippen LogP contribution in [0.1, 0.15) is 6.92 Å². The smallest absolute Gasteiger partial charge is 0.673 e. The molecule has 0 rings (SSSR count). The van der Waals surface area contributed by atoms with Crippen molar-refractivity contribution in [1.29, 1.82) is 0 Å². The van der Waals surface area contributed by atoms with Crippen molar-refractivity contribution in [3.8, 4) is 0 Å². The molecule has 0 aromatic carbocycles. The SMILES string of the molecule is CCOP(=O)([S-])NC.[Na+]. The molecule has 9 heavy (non-hydrogen) atoms. The number of nitrogens with one attached hydrogen (secondary N) is 1. The summed E-state index contributed by atoms with van der Waals surface area (Å²) in [6.45, 7) is -0.703. The van der Waals surface area contributed by atoms with E-state index >= 15 is 0 Å². The van der Waals surface area contributed by atoms with E-state index in [9.17, 15) is 4.57 Å². The molecule has 0 amide bonds. The molecular weight excluding hydrogens is 168 g/mol. The van der Waals surface area contributed by atoms with E-state index in [1.54, 1.807) is 6.92 Å². The van der Waals surface area contributed by atoms with Gasteiger partial charge in [0.05, 0.1) is 6.61 Å². The first-order valence-electron chi connectivity index (χ1n) is 2.27. The molecular formula is C3H9NNaO2PS. The van der Waals surface area contributed by atoms with Crippen LogP contribution in [0.25, 0.3) is 0 Å². The Morgan fingerprint density at radius 1 is 1.78 bits per heavy atom. The van der Waals surface area contributed by atoms with Crippen molar-refractivity contribution in [2.24, 2.45) is 0 Å². The van der Waals surface area contributed by atoms with E-state index in [-0.39, 0.29) is 29.6 Å². The van der Waals surface area contributed by atoms with E-state index in [1.807, 2.05) is 0 Å². The molecule has 0 aliphatic heterocycles. The third kappa shape index (κ3) is 7.40. The standard InChI is InChI=1S/C3H10NO2PS.Na/c1-3-6-7(5,8)4-2;/h3H2,1-2H3,(H2,4,5,8);/q;+1/p-1. The van der Waals surface area contributed by atoms with Crippen LogP contribution in [-0.2, 0) is 21.3 Å². The van der Waals surface area contributed by atoms with Crippen molar-refractivity contribution in [1.82, 2.24) is 5.09 Å². The third-order valence-corrected chi connectivity index (χ3v) is 2.58. The van der Waals surface area contributed by atoms with Crippen molar-refractivity contribution < 1.29 is 38.6 Å². The zero-order chi connectivity index (χ0) is 6.62. The largest absolute Gasteiger partial charge is 1.00 e. The maximum atomic E-state index is 10.7. The molecule has 0 aliphatic rings. The van der Waals surface area contributed by atoms with Gasteiger partial charge < -0.3 is 21.3 Å². The van der Waals surface area contributed by atoms with Crippen LogP contribution in [0, 0.1) is 0 Å². The Morgan fingerprint density at radius 2 is 2.22 bits per heavy atom. The number of hydrogen-bond donors (Lipinski definition) is 1. The fraction of sp³-hybridized carbons (Fsp3) is 1.00. The van der Waals surface area contributed by atoms with Crippen LogP contribution < -0.4 is 34.6 Å². The minimum atomic E-state index is -2.84. The summed E-state index contributed by atoms with van der Waals surface area (Å²) in [5.41, 5.74) is 0. The Hall–Kier alpha value is 1.50. The maximum Gasteiger partial charge on any atom is 1.00 e. The van der Waals surface area contributed by atoms with E-state index < -0.39 is 6.72 Å². The monoisotopic (exact) mass is 177 g/mol. The Balaban J connectivity index is 0. The van der Waals surface area contributed by atoms with Gasteiger partial charge in [0.1, 0.15) is 6.72 Å². The second kappa shape index (κ2) is 6.23. The van der Waals surface area contributed by atoms with Crippen molar-refractivity contribution in [2.45, 2.75) is 6.92 Å². The van der Waals surface area contributed by atoms with Crippen LogP contribution in [0.5, 0.6) is 0 Å². The van der Waals surface area contributed by atoms with Crippen molar-refractivity contribution in [3.05, 3.63) is 0 Å². The molecule has 50 valence electrons. The molecule has 0 radical (unpaired) electrons. The Morgan fingerprint density at radius 3 is 2.33 bits per heavy atom.